The third-order valence-corrected chi connectivity index (χ3v) is 2.89. The minimum absolute atomic E-state index is 0.465. The van der Waals surface area contributed by atoms with Crippen LogP contribution in [-0.2, 0) is 9.59 Å². The molecule has 120 valence electrons. The van der Waals surface area contributed by atoms with E-state index in [1.165, 1.54) is 6.08 Å². The molecule has 0 heterocycles. The van der Waals surface area contributed by atoms with Crippen LogP contribution in [0.25, 0.3) is 5.57 Å². The number of carbonyl (C=O) groups is 2. The van der Waals surface area contributed by atoms with Crippen LogP contribution >= 0.6 is 11.6 Å². The molecular weight excluding hydrogens is 321 g/mol. The third-order valence-electron chi connectivity index (χ3n) is 2.56. The van der Waals surface area contributed by atoms with Gasteiger partial charge in [0.25, 0.3) is 0 Å². The highest BCUT2D eigenvalue weighted by atomic mass is 35.5. The standard InChI is InChI=1S/C14H14ClF3N2O2/c1-9(10-4-2-3-5-11(10)15)6-12(21)19-7-13(22)20-8-14(16,17)18/h2-6H,7-8H2,1H3,(H,19,21)(H,20,22). The predicted octanol–water partition coefficient (Wildman–Crippen LogP) is 2.54. The van der Waals surface area contributed by atoms with Crippen LogP contribution in [0, 0.1) is 0 Å². The summed E-state index contributed by atoms with van der Waals surface area (Å²) < 4.78 is 35.7. The van der Waals surface area contributed by atoms with Gasteiger partial charge in [-0.05, 0) is 24.1 Å². The molecule has 0 saturated carbocycles. The molecule has 1 rings (SSSR count). The molecule has 0 fully saturated rings. The van der Waals surface area contributed by atoms with Crippen LogP contribution in [0.3, 0.4) is 0 Å². The first-order chi connectivity index (χ1) is 10.2. The largest absolute Gasteiger partial charge is 0.405 e. The van der Waals surface area contributed by atoms with Crippen LogP contribution in [0.4, 0.5) is 13.2 Å². The van der Waals surface area contributed by atoms with Crippen LogP contribution in [0.1, 0.15) is 12.5 Å². The molecular formula is C14H14ClF3N2O2. The van der Waals surface area contributed by atoms with E-state index in [1.807, 2.05) is 0 Å². The van der Waals surface area contributed by atoms with Gasteiger partial charge < -0.3 is 10.6 Å². The van der Waals surface area contributed by atoms with Gasteiger partial charge >= 0.3 is 6.18 Å². The van der Waals surface area contributed by atoms with Crippen molar-refractivity contribution in [3.63, 3.8) is 0 Å². The number of halogens is 4. The molecule has 2 N–H and O–H groups in total. The molecule has 8 heteroatoms. The number of amides is 2. The Kier molecular flexibility index (Phi) is 6.42. The van der Waals surface area contributed by atoms with E-state index in [4.69, 9.17) is 11.6 Å². The summed E-state index contributed by atoms with van der Waals surface area (Å²) in [6.07, 6.45) is -3.27. The SMILES string of the molecule is CC(=CC(=O)NCC(=O)NCC(F)(F)F)c1ccccc1Cl. The average Bonchev–Trinajstić information content (AvgIpc) is 2.42. The van der Waals surface area contributed by atoms with Crippen molar-refractivity contribution in [2.45, 2.75) is 13.1 Å². The maximum Gasteiger partial charge on any atom is 0.405 e. The lowest BCUT2D eigenvalue weighted by atomic mass is 10.1. The number of nitrogens with one attached hydrogen (secondary N) is 2. The van der Waals surface area contributed by atoms with Crippen LogP contribution in [0.5, 0.6) is 0 Å². The van der Waals surface area contributed by atoms with E-state index < -0.39 is 31.1 Å². The molecule has 0 aliphatic rings. The van der Waals surface area contributed by atoms with Gasteiger partial charge in [-0.15, -0.1) is 0 Å². The Labute approximate surface area is 130 Å². The summed E-state index contributed by atoms with van der Waals surface area (Å²) in [6, 6.07) is 6.87. The van der Waals surface area contributed by atoms with Crippen LogP contribution in [-0.4, -0.2) is 31.1 Å². The number of carbonyl (C=O) groups excluding carboxylic acids is 2. The van der Waals surface area contributed by atoms with Crippen molar-refractivity contribution in [2.75, 3.05) is 13.1 Å². The van der Waals surface area contributed by atoms with Crippen molar-refractivity contribution in [3.05, 3.63) is 40.9 Å². The maximum absolute atomic E-state index is 11.9. The molecule has 0 atom stereocenters. The van der Waals surface area contributed by atoms with Gasteiger partial charge in [0.15, 0.2) is 0 Å². The molecule has 0 spiro atoms. The molecule has 0 aliphatic heterocycles. The number of hydrogen-bond donors (Lipinski definition) is 2. The zero-order valence-corrected chi connectivity index (χ0v) is 12.4. The van der Waals surface area contributed by atoms with Crippen LogP contribution < -0.4 is 10.6 Å². The monoisotopic (exact) mass is 334 g/mol. The molecule has 0 radical (unpaired) electrons. The normalized spacial score (nSPS) is 12.0. The number of rotatable bonds is 5. The van der Waals surface area contributed by atoms with Gasteiger partial charge in [-0.25, -0.2) is 0 Å². The quantitative estimate of drug-likeness (QED) is 0.813. The van der Waals surface area contributed by atoms with E-state index in [2.05, 4.69) is 5.32 Å². The average molecular weight is 335 g/mol. The molecule has 0 unspecified atom stereocenters. The molecule has 4 nitrogen and oxygen atoms in total. The minimum Gasteiger partial charge on any atom is -0.345 e. The lowest BCUT2D eigenvalue weighted by Gasteiger charge is -2.08. The van der Waals surface area contributed by atoms with Crippen LogP contribution in [0.15, 0.2) is 30.3 Å². The van der Waals surface area contributed by atoms with E-state index in [-0.39, 0.29) is 0 Å². The van der Waals surface area contributed by atoms with Crippen molar-refractivity contribution in [2.24, 2.45) is 0 Å². The summed E-state index contributed by atoms with van der Waals surface area (Å²) in [5, 5.41) is 4.32. The number of allylic oxidation sites excluding steroid dienone is 1. The van der Waals surface area contributed by atoms with Gasteiger partial charge in [-0.3, -0.25) is 9.59 Å². The smallest absolute Gasteiger partial charge is 0.345 e. The maximum atomic E-state index is 11.9. The summed E-state index contributed by atoms with van der Waals surface area (Å²) in [6.45, 7) is -0.318. The number of benzene rings is 1. The zero-order chi connectivity index (χ0) is 16.8. The fourth-order valence-corrected chi connectivity index (χ4v) is 1.82. The molecule has 1 aromatic carbocycles. The van der Waals surface area contributed by atoms with Gasteiger partial charge in [0.1, 0.15) is 6.54 Å². The fraction of sp³-hybridized carbons (Fsp3) is 0.286. The third kappa shape index (κ3) is 6.62. The Morgan fingerprint density at radius 1 is 1.23 bits per heavy atom. The molecule has 22 heavy (non-hydrogen) atoms. The number of alkyl halides is 3. The second-order valence-corrected chi connectivity index (χ2v) is 4.82. The predicted molar refractivity (Wildman–Crippen MR) is 77.2 cm³/mol. The van der Waals surface area contributed by atoms with E-state index in [0.717, 1.165) is 0 Å². The first-order valence-corrected chi connectivity index (χ1v) is 6.61. The Balaban J connectivity index is 2.51. The van der Waals surface area contributed by atoms with E-state index in [9.17, 15) is 22.8 Å². The van der Waals surface area contributed by atoms with E-state index >= 15 is 0 Å². The van der Waals surface area contributed by atoms with Crippen molar-refractivity contribution >= 4 is 29.0 Å². The Morgan fingerprint density at radius 2 is 1.86 bits per heavy atom. The molecule has 2 amide bonds. The summed E-state index contributed by atoms with van der Waals surface area (Å²) >= 11 is 5.97. The summed E-state index contributed by atoms with van der Waals surface area (Å²) in [5.41, 5.74) is 1.22. The minimum atomic E-state index is -4.49. The van der Waals surface area contributed by atoms with Crippen molar-refractivity contribution in [1.82, 2.24) is 10.6 Å². The van der Waals surface area contributed by atoms with Crippen LogP contribution in [0.2, 0.25) is 5.02 Å². The van der Waals surface area contributed by atoms with Crippen molar-refractivity contribution in [1.29, 1.82) is 0 Å². The first kappa shape index (κ1) is 18.0. The number of hydrogen-bond acceptors (Lipinski definition) is 2. The van der Waals surface area contributed by atoms with Gasteiger partial charge in [0.05, 0.1) is 6.54 Å². The Hall–Kier alpha value is -2.02. The molecule has 1 aromatic rings. The zero-order valence-electron chi connectivity index (χ0n) is 11.6. The molecule has 0 aromatic heterocycles. The van der Waals surface area contributed by atoms with E-state index in [1.54, 1.807) is 36.5 Å². The molecule has 0 bridgehead atoms. The summed E-state index contributed by atoms with van der Waals surface area (Å²) in [7, 11) is 0. The Bertz CT molecular complexity index is 586. The van der Waals surface area contributed by atoms with Crippen molar-refractivity contribution in [3.8, 4) is 0 Å². The Morgan fingerprint density at radius 3 is 2.45 bits per heavy atom. The fourth-order valence-electron chi connectivity index (χ4n) is 1.54. The first-order valence-electron chi connectivity index (χ1n) is 6.23. The summed E-state index contributed by atoms with van der Waals surface area (Å²) in [5.74, 6) is -1.52. The highest BCUT2D eigenvalue weighted by Crippen LogP contribution is 2.22. The lowest BCUT2D eigenvalue weighted by molar-refractivity contribution is -0.138. The molecule has 0 aliphatic carbocycles. The topological polar surface area (TPSA) is 58.2 Å². The highest BCUT2D eigenvalue weighted by Gasteiger charge is 2.27. The second kappa shape index (κ2) is 7.84. The van der Waals surface area contributed by atoms with Gasteiger partial charge in [-0.1, -0.05) is 29.8 Å². The molecule has 0 saturated heterocycles. The van der Waals surface area contributed by atoms with E-state index in [0.29, 0.717) is 16.2 Å². The summed E-state index contributed by atoms with van der Waals surface area (Å²) in [4.78, 5) is 22.7. The van der Waals surface area contributed by atoms with Crippen molar-refractivity contribution < 1.29 is 22.8 Å². The van der Waals surface area contributed by atoms with Gasteiger partial charge in [-0.2, -0.15) is 13.2 Å². The highest BCUT2D eigenvalue weighted by molar-refractivity contribution is 6.32. The second-order valence-electron chi connectivity index (χ2n) is 4.42. The van der Waals surface area contributed by atoms with Gasteiger partial charge in [0.2, 0.25) is 11.8 Å². The lowest BCUT2D eigenvalue weighted by Crippen LogP contribution is -2.40. The van der Waals surface area contributed by atoms with Gasteiger partial charge in [0, 0.05) is 11.1 Å².